The zero-order valence-electron chi connectivity index (χ0n) is 13.3. The van der Waals surface area contributed by atoms with Gasteiger partial charge in [0.1, 0.15) is 12.4 Å². The molecule has 9 heteroatoms. The maximum Gasteiger partial charge on any atom is 0.322 e. The van der Waals surface area contributed by atoms with Crippen molar-refractivity contribution in [3.8, 4) is 11.3 Å². The van der Waals surface area contributed by atoms with Gasteiger partial charge in [0.2, 0.25) is 5.95 Å². The van der Waals surface area contributed by atoms with E-state index in [1.54, 1.807) is 48.8 Å². The molecule has 0 fully saturated rings. The number of hydrogen-bond acceptors (Lipinski definition) is 6. The summed E-state index contributed by atoms with van der Waals surface area (Å²) in [7, 11) is 0. The van der Waals surface area contributed by atoms with E-state index in [0.29, 0.717) is 27.2 Å². The molecule has 2 heterocycles. The fourth-order valence-electron chi connectivity index (χ4n) is 2.15. The van der Waals surface area contributed by atoms with E-state index in [9.17, 15) is 4.79 Å². The van der Waals surface area contributed by atoms with Gasteiger partial charge in [-0.2, -0.15) is 4.98 Å². The number of hydrogen-bond donors (Lipinski definition) is 3. The number of nitrogens with one attached hydrogen (secondary N) is 2. The van der Waals surface area contributed by atoms with E-state index in [2.05, 4.69) is 25.6 Å². The van der Waals surface area contributed by atoms with E-state index in [1.807, 2.05) is 0 Å². The van der Waals surface area contributed by atoms with Gasteiger partial charge in [-0.1, -0.05) is 23.2 Å². The van der Waals surface area contributed by atoms with Crippen molar-refractivity contribution >= 4 is 46.6 Å². The Bertz CT molecular complexity index is 938. The Labute approximate surface area is 159 Å². The molecule has 0 amide bonds. The number of aliphatic carboxylic acids is 1. The fraction of sp³-hybridized carbons (Fsp3) is 0.0588. The summed E-state index contributed by atoms with van der Waals surface area (Å²) in [6, 6.07) is 10.3. The molecule has 0 saturated carbocycles. The summed E-state index contributed by atoms with van der Waals surface area (Å²) in [6.45, 7) is -0.308. The lowest BCUT2D eigenvalue weighted by molar-refractivity contribution is -0.134. The number of anilines is 3. The zero-order chi connectivity index (χ0) is 18.5. The number of nitrogens with zero attached hydrogens (tertiary/aromatic N) is 3. The molecule has 0 spiro atoms. The van der Waals surface area contributed by atoms with Crippen molar-refractivity contribution in [2.45, 2.75) is 0 Å². The van der Waals surface area contributed by atoms with Gasteiger partial charge in [0.05, 0.1) is 16.4 Å². The molecule has 0 aliphatic carbocycles. The molecule has 2 aromatic heterocycles. The molecular weight excluding hydrogens is 377 g/mol. The van der Waals surface area contributed by atoms with E-state index in [4.69, 9.17) is 28.3 Å². The number of aromatic nitrogens is 3. The molecule has 0 aliphatic heterocycles. The lowest BCUT2D eigenvalue weighted by atomic mass is 10.2. The molecule has 0 bridgehead atoms. The average molecular weight is 390 g/mol. The van der Waals surface area contributed by atoms with E-state index < -0.39 is 5.97 Å². The van der Waals surface area contributed by atoms with E-state index >= 15 is 0 Å². The maximum absolute atomic E-state index is 10.8. The summed E-state index contributed by atoms with van der Waals surface area (Å²) in [4.78, 5) is 23.4. The van der Waals surface area contributed by atoms with Crippen LogP contribution in [-0.4, -0.2) is 32.6 Å². The SMILES string of the molecule is O=C(O)CNc1nc(Nc2cc(Cl)ccc2Cl)cc(-c2ccncc2)n1. The van der Waals surface area contributed by atoms with Crippen LogP contribution in [0.15, 0.2) is 48.8 Å². The first kappa shape index (κ1) is 17.9. The number of pyridine rings is 1. The Morgan fingerprint density at radius 3 is 2.58 bits per heavy atom. The molecule has 3 aromatic rings. The molecule has 1 aromatic carbocycles. The second-order valence-electron chi connectivity index (χ2n) is 5.19. The number of carbonyl (C=O) groups is 1. The van der Waals surface area contributed by atoms with Crippen LogP contribution in [0.4, 0.5) is 17.5 Å². The minimum Gasteiger partial charge on any atom is -0.480 e. The zero-order valence-corrected chi connectivity index (χ0v) is 14.8. The van der Waals surface area contributed by atoms with Crippen molar-refractivity contribution in [3.63, 3.8) is 0 Å². The van der Waals surface area contributed by atoms with Gasteiger partial charge in [0, 0.05) is 29.0 Å². The first-order valence-electron chi connectivity index (χ1n) is 7.48. The van der Waals surface area contributed by atoms with Crippen molar-refractivity contribution in [1.82, 2.24) is 15.0 Å². The average Bonchev–Trinajstić information content (AvgIpc) is 2.63. The van der Waals surface area contributed by atoms with Crippen LogP contribution in [0.25, 0.3) is 11.3 Å². The van der Waals surface area contributed by atoms with Gasteiger partial charge in [-0.3, -0.25) is 9.78 Å². The van der Waals surface area contributed by atoms with Crippen LogP contribution in [0.5, 0.6) is 0 Å². The second kappa shape index (κ2) is 7.99. The Morgan fingerprint density at radius 2 is 1.85 bits per heavy atom. The summed E-state index contributed by atoms with van der Waals surface area (Å²) in [5.74, 6) is -0.415. The van der Waals surface area contributed by atoms with Crippen LogP contribution in [0.1, 0.15) is 0 Å². The number of benzene rings is 1. The van der Waals surface area contributed by atoms with Crippen LogP contribution in [0, 0.1) is 0 Å². The molecular formula is C17H13Cl2N5O2. The topological polar surface area (TPSA) is 100 Å². The van der Waals surface area contributed by atoms with Crippen molar-refractivity contribution in [3.05, 3.63) is 58.8 Å². The Morgan fingerprint density at radius 1 is 1.08 bits per heavy atom. The van der Waals surface area contributed by atoms with Crippen LogP contribution in [0.3, 0.4) is 0 Å². The van der Waals surface area contributed by atoms with Crippen LogP contribution >= 0.6 is 23.2 Å². The predicted octanol–water partition coefficient (Wildman–Crippen LogP) is 4.09. The standard InChI is InChI=1S/C17H13Cl2N5O2/c18-11-1-2-12(19)14(7-11)22-15-8-13(10-3-5-20-6-4-10)23-17(24-15)21-9-16(25)26/h1-8H,9H2,(H,25,26)(H2,21,22,23,24). The minimum absolute atomic E-state index is 0.169. The Hall–Kier alpha value is -2.90. The summed E-state index contributed by atoms with van der Waals surface area (Å²) in [6.07, 6.45) is 3.28. The molecule has 26 heavy (non-hydrogen) atoms. The smallest absolute Gasteiger partial charge is 0.322 e. The van der Waals surface area contributed by atoms with Crippen molar-refractivity contribution in [1.29, 1.82) is 0 Å². The third-order valence-corrected chi connectivity index (χ3v) is 3.86. The predicted molar refractivity (Wildman–Crippen MR) is 101 cm³/mol. The van der Waals surface area contributed by atoms with Crippen LogP contribution in [0.2, 0.25) is 10.0 Å². The van der Waals surface area contributed by atoms with Gasteiger partial charge in [-0.25, -0.2) is 4.98 Å². The molecule has 3 N–H and O–H groups in total. The highest BCUT2D eigenvalue weighted by atomic mass is 35.5. The molecule has 132 valence electrons. The lowest BCUT2D eigenvalue weighted by Gasteiger charge is -2.12. The number of rotatable bonds is 6. The van der Waals surface area contributed by atoms with Gasteiger partial charge in [0.15, 0.2) is 0 Å². The fourth-order valence-corrected chi connectivity index (χ4v) is 2.48. The minimum atomic E-state index is -1.02. The highest BCUT2D eigenvalue weighted by Gasteiger charge is 2.10. The maximum atomic E-state index is 10.8. The third kappa shape index (κ3) is 4.59. The molecule has 0 unspecified atom stereocenters. The molecule has 3 rings (SSSR count). The molecule has 0 radical (unpaired) electrons. The largest absolute Gasteiger partial charge is 0.480 e. The van der Waals surface area contributed by atoms with E-state index in [-0.39, 0.29) is 12.5 Å². The van der Waals surface area contributed by atoms with E-state index in [0.717, 1.165) is 5.56 Å². The summed E-state index contributed by atoms with van der Waals surface area (Å²) in [5.41, 5.74) is 1.97. The quantitative estimate of drug-likeness (QED) is 0.583. The Balaban J connectivity index is 1.98. The van der Waals surface area contributed by atoms with Gasteiger partial charge in [-0.15, -0.1) is 0 Å². The van der Waals surface area contributed by atoms with Crippen LogP contribution in [-0.2, 0) is 4.79 Å². The Kier molecular flexibility index (Phi) is 5.50. The first-order chi connectivity index (χ1) is 12.5. The van der Waals surface area contributed by atoms with Gasteiger partial charge in [-0.05, 0) is 30.3 Å². The van der Waals surface area contributed by atoms with Crippen LogP contribution < -0.4 is 10.6 Å². The first-order valence-corrected chi connectivity index (χ1v) is 8.24. The summed E-state index contributed by atoms with van der Waals surface area (Å²) >= 11 is 12.2. The van der Waals surface area contributed by atoms with Gasteiger partial charge >= 0.3 is 5.97 Å². The number of carboxylic acid groups (broad SMARTS) is 1. The number of carboxylic acids is 1. The van der Waals surface area contributed by atoms with Gasteiger partial charge < -0.3 is 15.7 Å². The van der Waals surface area contributed by atoms with Gasteiger partial charge in [0.25, 0.3) is 0 Å². The third-order valence-electron chi connectivity index (χ3n) is 3.29. The van der Waals surface area contributed by atoms with Crippen molar-refractivity contribution in [2.75, 3.05) is 17.2 Å². The second-order valence-corrected chi connectivity index (χ2v) is 6.04. The highest BCUT2D eigenvalue weighted by Crippen LogP contribution is 2.29. The molecule has 0 atom stereocenters. The van der Waals surface area contributed by atoms with Crippen molar-refractivity contribution < 1.29 is 9.90 Å². The summed E-state index contributed by atoms with van der Waals surface area (Å²) < 4.78 is 0. The normalized spacial score (nSPS) is 10.4. The highest BCUT2D eigenvalue weighted by molar-refractivity contribution is 6.35. The van der Waals surface area contributed by atoms with Crippen molar-refractivity contribution in [2.24, 2.45) is 0 Å². The number of halogens is 2. The monoisotopic (exact) mass is 389 g/mol. The molecule has 0 saturated heterocycles. The van der Waals surface area contributed by atoms with E-state index in [1.165, 1.54) is 0 Å². The molecule has 7 nitrogen and oxygen atoms in total. The molecule has 0 aliphatic rings. The lowest BCUT2D eigenvalue weighted by Crippen LogP contribution is -2.15. The summed E-state index contributed by atoms with van der Waals surface area (Å²) in [5, 5.41) is 15.6.